The van der Waals surface area contributed by atoms with Crippen molar-refractivity contribution in [3.8, 4) is 0 Å². The van der Waals surface area contributed by atoms with Gasteiger partial charge in [-0.1, -0.05) is 0 Å². The Kier molecular flexibility index (Phi) is 6.58. The highest BCUT2D eigenvalue weighted by Gasteiger charge is 2.33. The number of rotatable bonds is 5. The van der Waals surface area contributed by atoms with Crippen molar-refractivity contribution in [2.24, 2.45) is 5.73 Å². The van der Waals surface area contributed by atoms with Gasteiger partial charge in [-0.15, -0.1) is 12.4 Å². The number of aromatic amines is 1. The zero-order valence-electron chi connectivity index (χ0n) is 14.3. The first kappa shape index (κ1) is 20.6. The molecule has 3 N–H and O–H groups in total. The number of carbonyl (C=O) groups excluding carboxylic acids is 1. The van der Waals surface area contributed by atoms with E-state index in [0.29, 0.717) is 24.1 Å². The van der Waals surface area contributed by atoms with Gasteiger partial charge < -0.3 is 20.4 Å². The average molecular weight is 404 g/mol. The average Bonchev–Trinajstić information content (AvgIpc) is 3.06. The number of amides is 1. The summed E-state index contributed by atoms with van der Waals surface area (Å²) in [6, 6.07) is 2.69. The van der Waals surface area contributed by atoms with Crippen LogP contribution in [0.4, 0.5) is 0 Å². The number of ether oxygens (including phenoxy) is 1. The van der Waals surface area contributed by atoms with Gasteiger partial charge >= 0.3 is 0 Å². The van der Waals surface area contributed by atoms with Crippen molar-refractivity contribution in [1.29, 1.82) is 0 Å². The lowest BCUT2D eigenvalue weighted by Gasteiger charge is -2.35. The van der Waals surface area contributed by atoms with Gasteiger partial charge in [-0.3, -0.25) is 4.79 Å². The molecular weight excluding hydrogens is 382 g/mol. The third-order valence-electron chi connectivity index (χ3n) is 4.24. The standard InChI is InChI=1S/C15H21N5O4S.ClH/c1-24-10-12(16)15(21)19-5-7-20(8-6-19)25(22,23)13-9-18-14-11(13)3-2-4-17-14;/h2-4,9,12H,5-8,10,16H2,1H3,(H,17,18);1H. The number of fused-ring (bicyclic) bond motifs is 1. The number of pyridine rings is 1. The number of piperazine rings is 1. The third kappa shape index (κ3) is 3.84. The van der Waals surface area contributed by atoms with Crippen LogP contribution in [0, 0.1) is 0 Å². The Bertz CT molecular complexity index is 864. The topological polar surface area (TPSA) is 122 Å². The quantitative estimate of drug-likeness (QED) is 0.712. The maximum absolute atomic E-state index is 12.9. The van der Waals surface area contributed by atoms with Crippen LogP contribution in [0.1, 0.15) is 0 Å². The molecule has 1 atom stereocenters. The Morgan fingerprint density at radius 1 is 1.38 bits per heavy atom. The van der Waals surface area contributed by atoms with Gasteiger partial charge in [-0.25, -0.2) is 13.4 Å². The van der Waals surface area contributed by atoms with E-state index in [4.69, 9.17) is 10.5 Å². The Balaban J connectivity index is 0.00000243. The highest BCUT2D eigenvalue weighted by Crippen LogP contribution is 2.25. The molecule has 3 heterocycles. The number of methoxy groups -OCH3 is 1. The van der Waals surface area contributed by atoms with Crippen molar-refractivity contribution >= 4 is 39.4 Å². The molecule has 0 spiro atoms. The number of H-pyrrole nitrogens is 1. The van der Waals surface area contributed by atoms with Gasteiger partial charge in [0.25, 0.3) is 0 Å². The van der Waals surface area contributed by atoms with E-state index < -0.39 is 16.1 Å². The van der Waals surface area contributed by atoms with Crippen LogP contribution in [0.2, 0.25) is 0 Å². The molecule has 2 aromatic rings. The molecule has 26 heavy (non-hydrogen) atoms. The summed E-state index contributed by atoms with van der Waals surface area (Å²) in [5, 5.41) is 0.558. The minimum Gasteiger partial charge on any atom is -0.383 e. The predicted molar refractivity (Wildman–Crippen MR) is 98.5 cm³/mol. The zero-order valence-corrected chi connectivity index (χ0v) is 15.9. The van der Waals surface area contributed by atoms with E-state index in [1.165, 1.54) is 17.6 Å². The van der Waals surface area contributed by atoms with Crippen molar-refractivity contribution < 1.29 is 17.9 Å². The van der Waals surface area contributed by atoms with Gasteiger partial charge in [0.05, 0.1) is 6.61 Å². The lowest BCUT2D eigenvalue weighted by molar-refractivity contribution is -0.134. The molecule has 1 aliphatic heterocycles. The molecular formula is C15H22ClN5O4S. The number of carbonyl (C=O) groups is 1. The summed E-state index contributed by atoms with van der Waals surface area (Å²) in [6.45, 7) is 1.19. The number of nitrogens with two attached hydrogens (primary N) is 1. The number of nitrogens with zero attached hydrogens (tertiary/aromatic N) is 3. The Labute approximate surface area is 158 Å². The van der Waals surface area contributed by atoms with Crippen LogP contribution in [-0.2, 0) is 19.6 Å². The van der Waals surface area contributed by atoms with E-state index in [2.05, 4.69) is 9.97 Å². The maximum atomic E-state index is 12.9. The second-order valence-corrected chi connectivity index (χ2v) is 7.75. The highest BCUT2D eigenvalue weighted by molar-refractivity contribution is 7.89. The molecule has 0 saturated carbocycles. The van der Waals surface area contributed by atoms with Crippen LogP contribution < -0.4 is 5.73 Å². The second-order valence-electron chi connectivity index (χ2n) is 5.84. The molecule has 144 valence electrons. The Morgan fingerprint density at radius 2 is 2.08 bits per heavy atom. The molecule has 0 aromatic carbocycles. The first-order valence-corrected chi connectivity index (χ1v) is 9.34. The first-order chi connectivity index (χ1) is 11.9. The molecule has 0 radical (unpaired) electrons. The largest absolute Gasteiger partial charge is 0.383 e. The molecule has 0 aliphatic carbocycles. The van der Waals surface area contributed by atoms with Crippen LogP contribution in [0.25, 0.3) is 11.0 Å². The maximum Gasteiger partial charge on any atom is 0.245 e. The number of aromatic nitrogens is 2. The van der Waals surface area contributed by atoms with E-state index in [-0.39, 0.29) is 42.9 Å². The molecule has 0 bridgehead atoms. The fourth-order valence-corrected chi connectivity index (χ4v) is 4.49. The van der Waals surface area contributed by atoms with Crippen molar-refractivity contribution in [1.82, 2.24) is 19.2 Å². The van der Waals surface area contributed by atoms with Crippen molar-refractivity contribution in [2.45, 2.75) is 10.9 Å². The van der Waals surface area contributed by atoms with Crippen molar-refractivity contribution in [3.63, 3.8) is 0 Å². The SMILES string of the molecule is COCC(N)C(=O)N1CCN(S(=O)(=O)c2c[nH]c3ncccc23)CC1.Cl. The summed E-state index contributed by atoms with van der Waals surface area (Å²) < 4.78 is 32.1. The molecule has 2 aromatic heterocycles. The first-order valence-electron chi connectivity index (χ1n) is 7.90. The summed E-state index contributed by atoms with van der Waals surface area (Å²) in [7, 11) is -2.18. The minimum absolute atomic E-state index is 0. The summed E-state index contributed by atoms with van der Waals surface area (Å²) in [5.74, 6) is -0.227. The van der Waals surface area contributed by atoms with E-state index in [1.807, 2.05) is 0 Å². The number of nitrogens with one attached hydrogen (secondary N) is 1. The van der Waals surface area contributed by atoms with Gasteiger partial charge in [0.15, 0.2) is 0 Å². The van der Waals surface area contributed by atoms with E-state index in [9.17, 15) is 13.2 Å². The molecule has 1 saturated heterocycles. The van der Waals surface area contributed by atoms with Gasteiger partial charge in [0, 0.05) is 51.1 Å². The normalized spacial score (nSPS) is 17.1. The fourth-order valence-electron chi connectivity index (χ4n) is 2.92. The summed E-state index contributed by atoms with van der Waals surface area (Å²) >= 11 is 0. The third-order valence-corrected chi connectivity index (χ3v) is 6.18. The van der Waals surface area contributed by atoms with Gasteiger partial charge in [-0.05, 0) is 12.1 Å². The molecule has 11 heteroatoms. The van der Waals surface area contributed by atoms with Crippen molar-refractivity contribution in [2.75, 3.05) is 39.9 Å². The van der Waals surface area contributed by atoms with Crippen molar-refractivity contribution in [3.05, 3.63) is 24.5 Å². The smallest absolute Gasteiger partial charge is 0.245 e. The van der Waals surface area contributed by atoms with Crippen LogP contribution in [-0.4, -0.2) is 79.4 Å². The van der Waals surface area contributed by atoms with E-state index in [1.54, 1.807) is 23.2 Å². The van der Waals surface area contributed by atoms with Crippen LogP contribution in [0.3, 0.4) is 0 Å². The molecule has 1 fully saturated rings. The Morgan fingerprint density at radius 3 is 2.73 bits per heavy atom. The fraction of sp³-hybridized carbons (Fsp3) is 0.467. The number of sulfonamides is 1. The van der Waals surface area contributed by atoms with Gasteiger partial charge in [0.2, 0.25) is 15.9 Å². The van der Waals surface area contributed by atoms with Crippen LogP contribution >= 0.6 is 12.4 Å². The molecule has 9 nitrogen and oxygen atoms in total. The second kappa shape index (κ2) is 8.31. The van der Waals surface area contributed by atoms with Crippen LogP contribution in [0.15, 0.2) is 29.4 Å². The highest BCUT2D eigenvalue weighted by atomic mass is 35.5. The predicted octanol–water partition coefficient (Wildman–Crippen LogP) is -0.209. The summed E-state index contributed by atoms with van der Waals surface area (Å²) in [6.07, 6.45) is 3.06. The van der Waals surface area contributed by atoms with Gasteiger partial charge in [0.1, 0.15) is 16.6 Å². The molecule has 1 aliphatic rings. The number of halogens is 1. The lowest BCUT2D eigenvalue weighted by Crippen LogP contribution is -2.55. The molecule has 1 amide bonds. The molecule has 3 rings (SSSR count). The summed E-state index contributed by atoms with van der Waals surface area (Å²) in [4.78, 5) is 21.0. The monoisotopic (exact) mass is 403 g/mol. The summed E-state index contributed by atoms with van der Waals surface area (Å²) in [5.41, 5.74) is 6.29. The number of hydrogen-bond acceptors (Lipinski definition) is 6. The Hall–Kier alpha value is -1.72. The zero-order chi connectivity index (χ0) is 18.0. The molecule has 1 unspecified atom stereocenters. The van der Waals surface area contributed by atoms with Crippen LogP contribution in [0.5, 0.6) is 0 Å². The number of hydrogen-bond donors (Lipinski definition) is 2. The van der Waals surface area contributed by atoms with Gasteiger partial charge in [-0.2, -0.15) is 4.31 Å². The van der Waals surface area contributed by atoms with E-state index in [0.717, 1.165) is 0 Å². The minimum atomic E-state index is -3.66. The lowest BCUT2D eigenvalue weighted by atomic mass is 10.2. The van der Waals surface area contributed by atoms with E-state index >= 15 is 0 Å².